The van der Waals surface area contributed by atoms with Gasteiger partial charge in [0, 0.05) is 22.5 Å². The van der Waals surface area contributed by atoms with Gasteiger partial charge in [0.25, 0.3) is 0 Å². The molecule has 2 heterocycles. The highest BCUT2D eigenvalue weighted by molar-refractivity contribution is 6.08. The Labute approximate surface area is 142 Å². The number of rotatable bonds is 1. The Balaban J connectivity index is 2.04. The van der Waals surface area contributed by atoms with E-state index in [4.69, 9.17) is 0 Å². The summed E-state index contributed by atoms with van der Waals surface area (Å²) in [4.78, 5) is 0. The topological polar surface area (TPSA) is 4.41 Å². The van der Waals surface area contributed by atoms with E-state index in [2.05, 4.69) is 4.40 Å². The molecule has 25 heavy (non-hydrogen) atoms. The van der Waals surface area contributed by atoms with E-state index in [1.54, 1.807) is 0 Å². The summed E-state index contributed by atoms with van der Waals surface area (Å²) in [7, 11) is 0. The lowest BCUT2D eigenvalue weighted by molar-refractivity contribution is 0.511. The van der Waals surface area contributed by atoms with Crippen LogP contribution in [0.3, 0.4) is 0 Å². The van der Waals surface area contributed by atoms with Crippen molar-refractivity contribution in [3.63, 3.8) is 0 Å². The second-order valence-corrected chi connectivity index (χ2v) is 6.18. The minimum Gasteiger partial charge on any atom is -0.315 e. The van der Waals surface area contributed by atoms with Crippen LogP contribution in [0.1, 0.15) is 0 Å². The lowest BCUT2D eigenvalue weighted by Gasteiger charge is -2.11. The first-order valence-electron chi connectivity index (χ1n) is 8.09. The molecule has 0 unspecified atom stereocenters. The molecule has 0 saturated carbocycles. The number of hydrogen-bond acceptors (Lipinski definition) is 0. The van der Waals surface area contributed by atoms with Gasteiger partial charge in [0.1, 0.15) is 0 Å². The fourth-order valence-corrected chi connectivity index (χ4v) is 3.55. The molecule has 5 rings (SSSR count). The standard InChI is InChI=1S/C22H13F2N/c23-19-11-16-17(12-20(19)24)22-10-15-8-4-5-9-21(15)25(22)13-18(16)14-6-2-1-3-7-14/h1-13H. The molecule has 0 fully saturated rings. The lowest BCUT2D eigenvalue weighted by atomic mass is 9.99. The number of benzene rings is 3. The molecule has 0 spiro atoms. The van der Waals surface area contributed by atoms with Gasteiger partial charge in [-0.15, -0.1) is 0 Å². The van der Waals surface area contributed by atoms with Crippen molar-refractivity contribution in [1.29, 1.82) is 0 Å². The van der Waals surface area contributed by atoms with E-state index in [9.17, 15) is 8.78 Å². The number of fused-ring (bicyclic) bond motifs is 5. The summed E-state index contributed by atoms with van der Waals surface area (Å²) >= 11 is 0. The van der Waals surface area contributed by atoms with Crippen LogP contribution in [0.25, 0.3) is 38.3 Å². The van der Waals surface area contributed by atoms with Crippen molar-refractivity contribution in [2.45, 2.75) is 0 Å². The van der Waals surface area contributed by atoms with Crippen molar-refractivity contribution in [3.05, 3.63) is 90.6 Å². The Morgan fingerprint density at radius 3 is 2.12 bits per heavy atom. The maximum atomic E-state index is 14.0. The molecule has 0 saturated heterocycles. The number of hydrogen-bond donors (Lipinski definition) is 0. The first-order valence-corrected chi connectivity index (χ1v) is 8.09. The van der Waals surface area contributed by atoms with Crippen molar-refractivity contribution < 1.29 is 8.78 Å². The molecule has 3 heteroatoms. The summed E-state index contributed by atoms with van der Waals surface area (Å²) in [5, 5.41) is 2.48. The molecule has 0 aliphatic rings. The molecule has 0 radical (unpaired) electrons. The first kappa shape index (κ1) is 14.2. The average Bonchev–Trinajstić information content (AvgIpc) is 3.02. The van der Waals surface area contributed by atoms with Crippen LogP contribution in [0.4, 0.5) is 8.78 Å². The molecular formula is C22H13F2N. The Morgan fingerprint density at radius 1 is 0.640 bits per heavy atom. The number of nitrogens with zero attached hydrogens (tertiary/aromatic N) is 1. The van der Waals surface area contributed by atoms with E-state index in [0.29, 0.717) is 10.8 Å². The molecule has 5 aromatic rings. The first-order chi connectivity index (χ1) is 12.2. The van der Waals surface area contributed by atoms with Crippen LogP contribution in [0.15, 0.2) is 79.0 Å². The molecule has 0 aliphatic carbocycles. The fourth-order valence-electron chi connectivity index (χ4n) is 3.55. The third-order valence-electron chi connectivity index (χ3n) is 4.72. The monoisotopic (exact) mass is 329 g/mol. The van der Waals surface area contributed by atoms with Crippen molar-refractivity contribution >= 4 is 27.2 Å². The highest BCUT2D eigenvalue weighted by Crippen LogP contribution is 2.35. The minimum atomic E-state index is -0.829. The second kappa shape index (κ2) is 5.15. The van der Waals surface area contributed by atoms with Crippen LogP contribution < -0.4 is 0 Å². The van der Waals surface area contributed by atoms with Gasteiger partial charge in [-0.2, -0.15) is 0 Å². The molecular weight excluding hydrogens is 316 g/mol. The quantitative estimate of drug-likeness (QED) is 0.345. The SMILES string of the molecule is Fc1cc2c(-c3ccccc3)cn3c4ccccc4cc3c2cc1F. The maximum Gasteiger partial charge on any atom is 0.159 e. The predicted octanol–water partition coefficient (Wildman–Crippen LogP) is 6.19. The van der Waals surface area contributed by atoms with E-state index in [1.165, 1.54) is 12.1 Å². The molecule has 120 valence electrons. The van der Waals surface area contributed by atoms with E-state index < -0.39 is 11.6 Å². The minimum absolute atomic E-state index is 0.705. The Hall–Kier alpha value is -3.20. The summed E-state index contributed by atoms with van der Waals surface area (Å²) in [5.41, 5.74) is 3.76. The Bertz CT molecular complexity index is 1250. The van der Waals surface area contributed by atoms with Crippen molar-refractivity contribution in [2.75, 3.05) is 0 Å². The van der Waals surface area contributed by atoms with E-state index in [-0.39, 0.29) is 0 Å². The molecule has 0 amide bonds. The third kappa shape index (κ3) is 2.06. The van der Waals surface area contributed by atoms with Crippen molar-refractivity contribution in [3.8, 4) is 11.1 Å². The van der Waals surface area contributed by atoms with Crippen LogP contribution in [0.5, 0.6) is 0 Å². The molecule has 0 N–H and O–H groups in total. The van der Waals surface area contributed by atoms with Gasteiger partial charge in [-0.3, -0.25) is 0 Å². The van der Waals surface area contributed by atoms with Gasteiger partial charge in [-0.1, -0.05) is 48.5 Å². The largest absolute Gasteiger partial charge is 0.315 e. The zero-order chi connectivity index (χ0) is 17.0. The number of para-hydroxylation sites is 1. The van der Waals surface area contributed by atoms with E-state index in [0.717, 1.165) is 27.5 Å². The summed E-state index contributed by atoms with van der Waals surface area (Å²) in [5.74, 6) is -1.66. The van der Waals surface area contributed by atoms with E-state index >= 15 is 0 Å². The zero-order valence-corrected chi connectivity index (χ0v) is 13.2. The number of pyridine rings is 1. The van der Waals surface area contributed by atoms with E-state index in [1.807, 2.05) is 66.9 Å². The fraction of sp³-hybridized carbons (Fsp3) is 0. The van der Waals surface area contributed by atoms with Gasteiger partial charge in [0.2, 0.25) is 0 Å². The molecule has 0 aliphatic heterocycles. The maximum absolute atomic E-state index is 14.0. The van der Waals surface area contributed by atoms with Crippen molar-refractivity contribution in [2.24, 2.45) is 0 Å². The van der Waals surface area contributed by atoms with Crippen LogP contribution in [0, 0.1) is 11.6 Å². The molecule has 0 atom stereocenters. The van der Waals surface area contributed by atoms with Crippen LogP contribution in [-0.2, 0) is 0 Å². The smallest absolute Gasteiger partial charge is 0.159 e. The number of halogens is 2. The van der Waals surface area contributed by atoms with Crippen LogP contribution >= 0.6 is 0 Å². The summed E-state index contributed by atoms with van der Waals surface area (Å²) < 4.78 is 30.0. The molecule has 2 aromatic heterocycles. The Kier molecular flexibility index (Phi) is 2.92. The van der Waals surface area contributed by atoms with Gasteiger partial charge < -0.3 is 4.40 Å². The summed E-state index contributed by atoms with van der Waals surface area (Å²) in [6.45, 7) is 0. The highest BCUT2D eigenvalue weighted by atomic mass is 19.2. The summed E-state index contributed by atoms with van der Waals surface area (Å²) in [6.07, 6.45) is 2.01. The predicted molar refractivity (Wildman–Crippen MR) is 97.8 cm³/mol. The van der Waals surface area contributed by atoms with Gasteiger partial charge in [-0.25, -0.2) is 8.78 Å². The van der Waals surface area contributed by atoms with Crippen LogP contribution in [0.2, 0.25) is 0 Å². The highest BCUT2D eigenvalue weighted by Gasteiger charge is 2.14. The average molecular weight is 329 g/mol. The van der Waals surface area contributed by atoms with Gasteiger partial charge in [0.05, 0.1) is 11.0 Å². The summed E-state index contributed by atoms with van der Waals surface area (Å²) in [6, 6.07) is 22.4. The normalized spacial score (nSPS) is 11.6. The second-order valence-electron chi connectivity index (χ2n) is 6.18. The number of aromatic nitrogens is 1. The van der Waals surface area contributed by atoms with Gasteiger partial charge in [-0.05, 0) is 35.2 Å². The third-order valence-corrected chi connectivity index (χ3v) is 4.72. The van der Waals surface area contributed by atoms with Gasteiger partial charge in [0.15, 0.2) is 11.6 Å². The molecule has 3 aromatic carbocycles. The zero-order valence-electron chi connectivity index (χ0n) is 13.2. The Morgan fingerprint density at radius 2 is 1.32 bits per heavy atom. The molecule has 1 nitrogen and oxygen atoms in total. The van der Waals surface area contributed by atoms with Crippen molar-refractivity contribution in [1.82, 2.24) is 4.40 Å². The van der Waals surface area contributed by atoms with Gasteiger partial charge >= 0.3 is 0 Å². The van der Waals surface area contributed by atoms with Crippen LogP contribution in [-0.4, -0.2) is 4.40 Å². The lowest BCUT2D eigenvalue weighted by Crippen LogP contribution is -1.93. The molecule has 0 bridgehead atoms.